The van der Waals surface area contributed by atoms with Gasteiger partial charge in [-0.05, 0) is 56.1 Å². The first-order valence-corrected chi connectivity index (χ1v) is 8.74. The van der Waals surface area contributed by atoms with Crippen molar-refractivity contribution < 1.29 is 9.13 Å². The number of methoxy groups -OCH3 is 1. The van der Waals surface area contributed by atoms with Crippen LogP contribution in [0.3, 0.4) is 0 Å². The van der Waals surface area contributed by atoms with Crippen molar-refractivity contribution in [1.82, 2.24) is 9.80 Å². The van der Waals surface area contributed by atoms with E-state index in [1.54, 1.807) is 19.2 Å². The van der Waals surface area contributed by atoms with Gasteiger partial charge in [0.15, 0.2) is 0 Å². The van der Waals surface area contributed by atoms with E-state index in [2.05, 4.69) is 16.8 Å². The van der Waals surface area contributed by atoms with Gasteiger partial charge in [0.25, 0.3) is 0 Å². The second kappa shape index (κ2) is 7.06. The number of likely N-dealkylation sites (tertiary alicyclic amines) is 2. The molecule has 128 valence electrons. The molecule has 0 N–H and O–H groups in total. The molecule has 1 aromatic rings. The van der Waals surface area contributed by atoms with Crippen LogP contribution in [0.1, 0.15) is 18.4 Å². The molecule has 0 bridgehead atoms. The first-order valence-electron chi connectivity index (χ1n) is 8.36. The van der Waals surface area contributed by atoms with Crippen molar-refractivity contribution in [2.24, 2.45) is 11.3 Å². The molecule has 0 radical (unpaired) electrons. The zero-order valence-electron chi connectivity index (χ0n) is 14.0. The summed E-state index contributed by atoms with van der Waals surface area (Å²) in [5, 5.41) is 0.197. The van der Waals surface area contributed by atoms with Crippen molar-refractivity contribution in [2.45, 2.75) is 19.4 Å². The number of halogens is 2. The second-order valence-electron chi connectivity index (χ2n) is 7.24. The molecule has 2 saturated heterocycles. The number of piperidine rings is 1. The average molecular weight is 341 g/mol. The summed E-state index contributed by atoms with van der Waals surface area (Å²) in [7, 11) is 4.01. The maximum absolute atomic E-state index is 13.6. The van der Waals surface area contributed by atoms with Crippen LogP contribution >= 0.6 is 11.6 Å². The largest absolute Gasteiger partial charge is 0.384 e. The predicted molar refractivity (Wildman–Crippen MR) is 91.2 cm³/mol. The minimum atomic E-state index is -0.324. The van der Waals surface area contributed by atoms with Crippen molar-refractivity contribution >= 4 is 11.6 Å². The van der Waals surface area contributed by atoms with Gasteiger partial charge in [0, 0.05) is 32.7 Å². The topological polar surface area (TPSA) is 15.7 Å². The lowest BCUT2D eigenvalue weighted by molar-refractivity contribution is 0.0353. The molecule has 0 aromatic heterocycles. The fraction of sp³-hybridized carbons (Fsp3) is 0.667. The Labute approximate surface area is 143 Å². The predicted octanol–water partition coefficient (Wildman–Crippen LogP) is 3.27. The van der Waals surface area contributed by atoms with Crippen LogP contribution < -0.4 is 0 Å². The van der Waals surface area contributed by atoms with Crippen LogP contribution in [-0.2, 0) is 11.3 Å². The van der Waals surface area contributed by atoms with Crippen LogP contribution in [0.15, 0.2) is 18.2 Å². The number of nitrogens with zero attached hydrogens (tertiary/aromatic N) is 2. The van der Waals surface area contributed by atoms with Crippen molar-refractivity contribution in [1.29, 1.82) is 0 Å². The number of hydrogen-bond acceptors (Lipinski definition) is 3. The van der Waals surface area contributed by atoms with E-state index in [4.69, 9.17) is 16.3 Å². The first kappa shape index (κ1) is 17.2. The molecule has 3 nitrogen and oxygen atoms in total. The number of rotatable bonds is 4. The molecular weight excluding hydrogens is 315 g/mol. The van der Waals surface area contributed by atoms with Crippen molar-refractivity contribution in [3.63, 3.8) is 0 Å². The van der Waals surface area contributed by atoms with E-state index < -0.39 is 0 Å². The lowest BCUT2D eigenvalue weighted by Gasteiger charge is -2.42. The molecule has 1 spiro atoms. The second-order valence-corrected chi connectivity index (χ2v) is 7.64. The van der Waals surface area contributed by atoms with Crippen LogP contribution in [0.2, 0.25) is 5.02 Å². The van der Waals surface area contributed by atoms with Gasteiger partial charge in [-0.1, -0.05) is 17.7 Å². The molecule has 5 heteroatoms. The van der Waals surface area contributed by atoms with Crippen LogP contribution in [0, 0.1) is 17.2 Å². The maximum Gasteiger partial charge on any atom is 0.142 e. The number of benzene rings is 1. The van der Waals surface area contributed by atoms with Crippen molar-refractivity contribution in [2.75, 3.05) is 46.9 Å². The Morgan fingerprint density at radius 1 is 1.35 bits per heavy atom. The summed E-state index contributed by atoms with van der Waals surface area (Å²) in [4.78, 5) is 4.87. The maximum atomic E-state index is 13.6. The number of ether oxygens (including phenoxy) is 1. The van der Waals surface area contributed by atoms with E-state index in [9.17, 15) is 4.39 Å². The SMILES string of the molecule is COC[C@H]1CN(C)CC12CCN(Cc1ccc(Cl)c(F)c1)CC2. The molecule has 0 unspecified atom stereocenters. The minimum Gasteiger partial charge on any atom is -0.384 e. The van der Waals surface area contributed by atoms with Gasteiger partial charge >= 0.3 is 0 Å². The molecule has 2 aliphatic rings. The van der Waals surface area contributed by atoms with Gasteiger partial charge in [-0.3, -0.25) is 4.90 Å². The molecule has 1 atom stereocenters. The standard InChI is InChI=1S/C18H26ClFN2O/c1-21-11-15(12-23-2)18(13-21)5-7-22(8-6-18)10-14-3-4-16(19)17(20)9-14/h3-4,9,15H,5-8,10-13H2,1-2H3/t15-/m1/s1. The molecular formula is C18H26ClFN2O. The molecule has 3 rings (SSSR count). The Hall–Kier alpha value is -0.680. The minimum absolute atomic E-state index is 0.197. The van der Waals surface area contributed by atoms with E-state index >= 15 is 0 Å². The zero-order valence-corrected chi connectivity index (χ0v) is 14.8. The van der Waals surface area contributed by atoms with Crippen molar-refractivity contribution in [3.05, 3.63) is 34.6 Å². The molecule has 2 aliphatic heterocycles. The molecule has 0 saturated carbocycles. The highest BCUT2D eigenvalue weighted by Crippen LogP contribution is 2.44. The quantitative estimate of drug-likeness (QED) is 0.836. The first-order chi connectivity index (χ1) is 11.0. The Balaban J connectivity index is 1.60. The fourth-order valence-corrected chi connectivity index (χ4v) is 4.47. The fourth-order valence-electron chi connectivity index (χ4n) is 4.35. The molecule has 0 amide bonds. The van der Waals surface area contributed by atoms with E-state index in [0.29, 0.717) is 11.3 Å². The summed E-state index contributed by atoms with van der Waals surface area (Å²) in [5.41, 5.74) is 1.40. The van der Waals surface area contributed by atoms with Crippen LogP contribution in [0.25, 0.3) is 0 Å². The van der Waals surface area contributed by atoms with Crippen molar-refractivity contribution in [3.8, 4) is 0 Å². The summed E-state index contributed by atoms with van der Waals surface area (Å²) < 4.78 is 19.0. The van der Waals surface area contributed by atoms with E-state index in [-0.39, 0.29) is 10.8 Å². The average Bonchev–Trinajstić information content (AvgIpc) is 2.82. The third-order valence-corrected chi connectivity index (χ3v) is 5.90. The van der Waals surface area contributed by atoms with Gasteiger partial charge in [-0.15, -0.1) is 0 Å². The Morgan fingerprint density at radius 3 is 2.74 bits per heavy atom. The van der Waals surface area contributed by atoms with E-state index in [0.717, 1.165) is 38.3 Å². The summed E-state index contributed by atoms with van der Waals surface area (Å²) in [6.07, 6.45) is 2.39. The third-order valence-electron chi connectivity index (χ3n) is 5.59. The molecule has 1 aromatic carbocycles. The summed E-state index contributed by atoms with van der Waals surface area (Å²) in [6, 6.07) is 5.13. The van der Waals surface area contributed by atoms with Gasteiger partial charge in [-0.2, -0.15) is 0 Å². The summed E-state index contributed by atoms with van der Waals surface area (Å²) in [5.74, 6) is 0.308. The molecule has 0 aliphatic carbocycles. The molecule has 23 heavy (non-hydrogen) atoms. The summed E-state index contributed by atoms with van der Waals surface area (Å²) in [6.45, 7) is 6.10. The summed E-state index contributed by atoms with van der Waals surface area (Å²) >= 11 is 5.76. The van der Waals surface area contributed by atoms with Gasteiger partial charge < -0.3 is 9.64 Å². The van der Waals surface area contributed by atoms with Gasteiger partial charge in [-0.25, -0.2) is 4.39 Å². The highest BCUT2D eigenvalue weighted by atomic mass is 35.5. The lowest BCUT2D eigenvalue weighted by atomic mass is 9.71. The van der Waals surface area contributed by atoms with Crippen LogP contribution in [0.4, 0.5) is 4.39 Å². The zero-order chi connectivity index (χ0) is 16.4. The van der Waals surface area contributed by atoms with E-state index in [1.807, 2.05) is 6.07 Å². The van der Waals surface area contributed by atoms with Gasteiger partial charge in [0.1, 0.15) is 5.82 Å². The smallest absolute Gasteiger partial charge is 0.142 e. The highest BCUT2D eigenvalue weighted by molar-refractivity contribution is 6.30. The monoisotopic (exact) mass is 340 g/mol. The third kappa shape index (κ3) is 3.71. The highest BCUT2D eigenvalue weighted by Gasteiger charge is 2.46. The molecule has 2 heterocycles. The Bertz CT molecular complexity index is 546. The lowest BCUT2D eigenvalue weighted by Crippen LogP contribution is -2.44. The normalized spacial score (nSPS) is 25.3. The number of hydrogen-bond donors (Lipinski definition) is 0. The Kier molecular flexibility index (Phi) is 5.26. The van der Waals surface area contributed by atoms with Gasteiger partial charge in [0.2, 0.25) is 0 Å². The van der Waals surface area contributed by atoms with E-state index in [1.165, 1.54) is 19.4 Å². The Morgan fingerprint density at radius 2 is 2.09 bits per heavy atom. The van der Waals surface area contributed by atoms with Crippen LogP contribution in [0.5, 0.6) is 0 Å². The molecule has 2 fully saturated rings. The van der Waals surface area contributed by atoms with Crippen LogP contribution in [-0.4, -0.2) is 56.7 Å². The van der Waals surface area contributed by atoms with Gasteiger partial charge in [0.05, 0.1) is 11.6 Å².